The molecule has 0 spiro atoms. The van der Waals surface area contributed by atoms with Gasteiger partial charge in [-0.05, 0) is 67.6 Å². The fourth-order valence-electron chi connectivity index (χ4n) is 3.74. The number of aryl methyl sites for hydroxylation is 1. The van der Waals surface area contributed by atoms with E-state index in [1.807, 2.05) is 6.92 Å². The normalized spacial score (nSPS) is 14.8. The van der Waals surface area contributed by atoms with E-state index in [2.05, 4.69) is 5.32 Å². The van der Waals surface area contributed by atoms with Crippen LogP contribution < -0.4 is 9.62 Å². The molecular formula is C25H26FN3O6S2. The number of hydrogen-bond donors (Lipinski definition) is 1. The second kappa shape index (κ2) is 11.0. The minimum Gasteiger partial charge on any atom is -0.379 e. The second-order valence-corrected chi connectivity index (χ2v) is 12.2. The molecule has 0 bridgehead atoms. The van der Waals surface area contributed by atoms with E-state index in [4.69, 9.17) is 4.74 Å². The quantitative estimate of drug-likeness (QED) is 0.464. The number of benzene rings is 3. The maximum Gasteiger partial charge on any atom is 0.264 e. The van der Waals surface area contributed by atoms with Crippen LogP contribution in [-0.2, 0) is 29.6 Å². The number of anilines is 2. The molecule has 0 saturated carbocycles. The fraction of sp³-hybridized carbons (Fsp3) is 0.240. The van der Waals surface area contributed by atoms with Gasteiger partial charge in [-0.25, -0.2) is 21.2 Å². The SMILES string of the molecule is Cc1ccc(S(=O)(=O)N(CC(=O)Nc2ccc(S(=O)(=O)N3CCOCC3)cc2)c2ccc(F)cc2)cc1. The summed E-state index contributed by atoms with van der Waals surface area (Å²) in [7, 11) is -7.85. The summed E-state index contributed by atoms with van der Waals surface area (Å²) in [6.45, 7) is 2.40. The lowest BCUT2D eigenvalue weighted by molar-refractivity contribution is -0.114. The molecule has 1 aliphatic rings. The molecule has 0 radical (unpaired) electrons. The third kappa shape index (κ3) is 6.16. The lowest BCUT2D eigenvalue weighted by atomic mass is 10.2. The second-order valence-electron chi connectivity index (χ2n) is 8.39. The first-order chi connectivity index (χ1) is 17.6. The average molecular weight is 548 g/mol. The predicted octanol–water partition coefficient (Wildman–Crippen LogP) is 2.99. The maximum atomic E-state index is 13.5. The summed E-state index contributed by atoms with van der Waals surface area (Å²) in [4.78, 5) is 12.9. The summed E-state index contributed by atoms with van der Waals surface area (Å²) < 4.78 is 73.3. The molecule has 1 fully saturated rings. The zero-order valence-electron chi connectivity index (χ0n) is 20.0. The van der Waals surface area contributed by atoms with Crippen LogP contribution in [0.2, 0.25) is 0 Å². The van der Waals surface area contributed by atoms with Gasteiger partial charge in [-0.15, -0.1) is 0 Å². The van der Waals surface area contributed by atoms with Crippen LogP contribution in [-0.4, -0.2) is 59.9 Å². The van der Waals surface area contributed by atoms with Crippen molar-refractivity contribution in [3.63, 3.8) is 0 Å². The van der Waals surface area contributed by atoms with Crippen LogP contribution >= 0.6 is 0 Å². The standard InChI is InChI=1S/C25H26FN3O6S2/c1-19-2-10-24(11-3-19)37(33,34)29(22-8-4-20(26)5-9-22)18-25(30)27-21-6-12-23(13-7-21)36(31,32)28-14-16-35-17-15-28/h2-13H,14-18H2,1H3,(H,27,30). The van der Waals surface area contributed by atoms with Crippen LogP contribution in [0.4, 0.5) is 15.8 Å². The van der Waals surface area contributed by atoms with Gasteiger partial charge in [0.2, 0.25) is 15.9 Å². The highest BCUT2D eigenvalue weighted by atomic mass is 32.2. The highest BCUT2D eigenvalue weighted by Gasteiger charge is 2.28. The third-order valence-corrected chi connectivity index (χ3v) is 9.46. The molecule has 1 N–H and O–H groups in total. The van der Waals surface area contributed by atoms with Crippen LogP contribution in [0.1, 0.15) is 5.56 Å². The lowest BCUT2D eigenvalue weighted by Crippen LogP contribution is -2.40. The first-order valence-corrected chi connectivity index (χ1v) is 14.3. The van der Waals surface area contributed by atoms with Crippen molar-refractivity contribution in [2.45, 2.75) is 16.7 Å². The Kier molecular flexibility index (Phi) is 7.93. The van der Waals surface area contributed by atoms with Crippen molar-refractivity contribution in [3.8, 4) is 0 Å². The number of sulfonamides is 2. The van der Waals surface area contributed by atoms with E-state index in [1.165, 1.54) is 52.8 Å². The molecule has 1 heterocycles. The van der Waals surface area contributed by atoms with Crippen molar-refractivity contribution < 1.29 is 30.8 Å². The number of halogens is 1. The van der Waals surface area contributed by atoms with Gasteiger partial charge >= 0.3 is 0 Å². The maximum absolute atomic E-state index is 13.5. The van der Waals surface area contributed by atoms with Crippen molar-refractivity contribution in [1.82, 2.24) is 4.31 Å². The fourth-order valence-corrected chi connectivity index (χ4v) is 6.57. The van der Waals surface area contributed by atoms with Gasteiger partial charge in [-0.1, -0.05) is 17.7 Å². The Hall–Kier alpha value is -3.32. The van der Waals surface area contributed by atoms with E-state index >= 15 is 0 Å². The Morgan fingerprint density at radius 3 is 2.05 bits per heavy atom. The molecule has 0 unspecified atom stereocenters. The summed E-state index contributed by atoms with van der Waals surface area (Å²) in [5, 5.41) is 2.60. The lowest BCUT2D eigenvalue weighted by Gasteiger charge is -2.26. The summed E-state index contributed by atoms with van der Waals surface area (Å²) in [6, 6.07) is 16.5. The molecular weight excluding hydrogens is 521 g/mol. The summed E-state index contributed by atoms with van der Waals surface area (Å²) in [5.41, 5.74) is 1.27. The molecule has 1 aliphatic heterocycles. The van der Waals surface area contributed by atoms with Gasteiger partial charge in [0.25, 0.3) is 10.0 Å². The smallest absolute Gasteiger partial charge is 0.264 e. The Balaban J connectivity index is 1.53. The number of morpholine rings is 1. The van der Waals surface area contributed by atoms with E-state index in [-0.39, 0.29) is 34.3 Å². The highest BCUT2D eigenvalue weighted by Crippen LogP contribution is 2.25. The van der Waals surface area contributed by atoms with Gasteiger partial charge in [0.1, 0.15) is 12.4 Å². The largest absolute Gasteiger partial charge is 0.379 e. The molecule has 196 valence electrons. The number of rotatable bonds is 8. The van der Waals surface area contributed by atoms with Crippen LogP contribution in [0.5, 0.6) is 0 Å². The highest BCUT2D eigenvalue weighted by molar-refractivity contribution is 7.92. The Morgan fingerprint density at radius 1 is 0.892 bits per heavy atom. The summed E-state index contributed by atoms with van der Waals surface area (Å²) in [5.74, 6) is -1.21. The number of hydrogen-bond acceptors (Lipinski definition) is 6. The van der Waals surface area contributed by atoms with Crippen LogP contribution in [0.15, 0.2) is 82.6 Å². The molecule has 3 aromatic rings. The summed E-state index contributed by atoms with van der Waals surface area (Å²) in [6.07, 6.45) is 0. The van der Waals surface area contributed by atoms with Gasteiger partial charge in [0.15, 0.2) is 0 Å². The van der Waals surface area contributed by atoms with Gasteiger partial charge in [0.05, 0.1) is 28.7 Å². The van der Waals surface area contributed by atoms with E-state index in [0.29, 0.717) is 13.2 Å². The minimum atomic E-state index is -4.15. The number of nitrogens with zero attached hydrogens (tertiary/aromatic N) is 2. The number of amides is 1. The zero-order valence-corrected chi connectivity index (χ0v) is 21.6. The van der Waals surface area contributed by atoms with E-state index < -0.39 is 38.3 Å². The number of nitrogens with one attached hydrogen (secondary N) is 1. The molecule has 0 atom stereocenters. The molecule has 12 heteroatoms. The zero-order chi connectivity index (χ0) is 26.6. The topological polar surface area (TPSA) is 113 Å². The number of ether oxygens (including phenoxy) is 1. The molecule has 0 aliphatic carbocycles. The van der Waals surface area contributed by atoms with E-state index in [0.717, 1.165) is 22.0 Å². The number of carbonyl (C=O) groups excluding carboxylic acids is 1. The van der Waals surface area contributed by atoms with Crippen molar-refractivity contribution in [2.75, 3.05) is 42.5 Å². The first kappa shape index (κ1) is 26.7. The van der Waals surface area contributed by atoms with Crippen molar-refractivity contribution in [3.05, 3.63) is 84.2 Å². The predicted molar refractivity (Wildman–Crippen MR) is 137 cm³/mol. The van der Waals surface area contributed by atoms with Crippen molar-refractivity contribution in [2.24, 2.45) is 0 Å². The van der Waals surface area contributed by atoms with E-state index in [1.54, 1.807) is 12.1 Å². The molecule has 0 aromatic heterocycles. The van der Waals surface area contributed by atoms with Gasteiger partial charge in [0, 0.05) is 18.8 Å². The van der Waals surface area contributed by atoms with Crippen molar-refractivity contribution in [1.29, 1.82) is 0 Å². The van der Waals surface area contributed by atoms with E-state index in [9.17, 15) is 26.0 Å². The van der Waals surface area contributed by atoms with Gasteiger partial charge < -0.3 is 10.1 Å². The van der Waals surface area contributed by atoms with Crippen molar-refractivity contribution >= 4 is 37.3 Å². The van der Waals surface area contributed by atoms with Crippen LogP contribution in [0.3, 0.4) is 0 Å². The van der Waals surface area contributed by atoms with Crippen LogP contribution in [0.25, 0.3) is 0 Å². The Morgan fingerprint density at radius 2 is 1.46 bits per heavy atom. The molecule has 9 nitrogen and oxygen atoms in total. The molecule has 1 amide bonds. The monoisotopic (exact) mass is 547 g/mol. The summed E-state index contributed by atoms with van der Waals surface area (Å²) >= 11 is 0. The Labute approximate surface area is 215 Å². The van der Waals surface area contributed by atoms with Gasteiger partial charge in [-0.2, -0.15) is 4.31 Å². The first-order valence-electron chi connectivity index (χ1n) is 11.4. The van der Waals surface area contributed by atoms with Crippen LogP contribution in [0, 0.1) is 12.7 Å². The molecule has 4 rings (SSSR count). The minimum absolute atomic E-state index is 0.0205. The molecule has 37 heavy (non-hydrogen) atoms. The molecule has 1 saturated heterocycles. The third-order valence-electron chi connectivity index (χ3n) is 5.76. The molecule has 3 aromatic carbocycles. The average Bonchev–Trinajstić information content (AvgIpc) is 2.89. The number of carbonyl (C=O) groups is 1. The Bertz CT molecular complexity index is 1450. The van der Waals surface area contributed by atoms with Gasteiger partial charge in [-0.3, -0.25) is 9.10 Å².